The molecule has 3 heterocycles. The number of fused-ring (bicyclic) bond motifs is 1. The number of nitrogens with one attached hydrogen (secondary N) is 2. The number of rotatable bonds is 3. The van der Waals surface area contributed by atoms with Crippen molar-refractivity contribution in [3.8, 4) is 0 Å². The molecule has 2 aromatic heterocycles. The standard InChI is InChI=1S/C21H22N6O3/c1-12-5-6-18(15-3-2-4-17-16(15)10-24-26-17)27(11-12)21(30)20(29)25-14-7-13(19(22)28)8-23-9-14/h2-4,7-10,12,18H,5-6,11H2,1H3,(H2,22,28)(H,24,26)(H,25,29)/t12-,18+/m1/s1. The van der Waals surface area contributed by atoms with Gasteiger partial charge in [0, 0.05) is 18.1 Å². The quantitative estimate of drug-likeness (QED) is 0.572. The second-order valence-electron chi connectivity index (χ2n) is 7.61. The Morgan fingerprint density at radius 2 is 2.03 bits per heavy atom. The van der Waals surface area contributed by atoms with Gasteiger partial charge in [-0.05, 0) is 36.5 Å². The van der Waals surface area contributed by atoms with Gasteiger partial charge in [-0.15, -0.1) is 0 Å². The molecule has 154 valence electrons. The molecule has 1 saturated heterocycles. The van der Waals surface area contributed by atoms with E-state index in [0.29, 0.717) is 6.54 Å². The van der Waals surface area contributed by atoms with Crippen LogP contribution in [0.15, 0.2) is 42.9 Å². The Morgan fingerprint density at radius 1 is 1.20 bits per heavy atom. The topological polar surface area (TPSA) is 134 Å². The zero-order valence-electron chi connectivity index (χ0n) is 16.5. The number of nitrogens with two attached hydrogens (primary N) is 1. The molecular weight excluding hydrogens is 384 g/mol. The fourth-order valence-corrected chi connectivity index (χ4v) is 3.94. The highest BCUT2D eigenvalue weighted by molar-refractivity contribution is 6.39. The van der Waals surface area contributed by atoms with E-state index in [4.69, 9.17) is 5.73 Å². The van der Waals surface area contributed by atoms with Crippen molar-refractivity contribution < 1.29 is 14.4 Å². The third-order valence-corrected chi connectivity index (χ3v) is 5.43. The molecule has 4 N–H and O–H groups in total. The predicted octanol–water partition coefficient (Wildman–Crippen LogP) is 2.00. The minimum atomic E-state index is -0.781. The van der Waals surface area contributed by atoms with Crippen LogP contribution in [0, 0.1) is 5.92 Å². The van der Waals surface area contributed by atoms with Crippen LogP contribution in [0.5, 0.6) is 0 Å². The van der Waals surface area contributed by atoms with Gasteiger partial charge in [0.05, 0.1) is 35.2 Å². The number of benzene rings is 1. The van der Waals surface area contributed by atoms with Crippen molar-refractivity contribution in [3.05, 3.63) is 54.0 Å². The minimum Gasteiger partial charge on any atom is -0.366 e. The van der Waals surface area contributed by atoms with Gasteiger partial charge in [-0.25, -0.2) is 0 Å². The number of H-pyrrole nitrogens is 1. The number of aromatic amines is 1. The van der Waals surface area contributed by atoms with Crippen molar-refractivity contribution in [1.82, 2.24) is 20.1 Å². The Hall–Kier alpha value is -3.75. The SMILES string of the molecule is C[C@@H]1CC[C@@H](c2cccc3[nH]ncc23)N(C(=O)C(=O)Nc2cncc(C(N)=O)c2)C1. The maximum Gasteiger partial charge on any atom is 0.313 e. The largest absolute Gasteiger partial charge is 0.366 e. The molecule has 1 aliphatic heterocycles. The van der Waals surface area contributed by atoms with Crippen LogP contribution in [-0.4, -0.2) is 44.3 Å². The van der Waals surface area contributed by atoms with Gasteiger partial charge in [-0.2, -0.15) is 5.10 Å². The van der Waals surface area contributed by atoms with Crippen LogP contribution < -0.4 is 11.1 Å². The van der Waals surface area contributed by atoms with Crippen LogP contribution in [-0.2, 0) is 9.59 Å². The van der Waals surface area contributed by atoms with E-state index < -0.39 is 17.7 Å². The van der Waals surface area contributed by atoms with Crippen molar-refractivity contribution in [2.24, 2.45) is 11.7 Å². The second-order valence-corrected chi connectivity index (χ2v) is 7.61. The third kappa shape index (κ3) is 3.73. The predicted molar refractivity (Wildman–Crippen MR) is 110 cm³/mol. The minimum absolute atomic E-state index is 0.149. The molecule has 3 aromatic rings. The van der Waals surface area contributed by atoms with Gasteiger partial charge in [-0.3, -0.25) is 24.5 Å². The summed E-state index contributed by atoms with van der Waals surface area (Å²) in [6, 6.07) is 6.97. The van der Waals surface area contributed by atoms with Gasteiger partial charge in [0.15, 0.2) is 0 Å². The first-order valence-electron chi connectivity index (χ1n) is 9.73. The number of primary amides is 1. The maximum absolute atomic E-state index is 13.1. The Balaban J connectivity index is 1.60. The lowest BCUT2D eigenvalue weighted by Crippen LogP contribution is -2.46. The Bertz CT molecular complexity index is 1120. The van der Waals surface area contributed by atoms with E-state index in [1.54, 1.807) is 11.1 Å². The number of nitrogens with zero attached hydrogens (tertiary/aromatic N) is 3. The number of likely N-dealkylation sites (tertiary alicyclic amines) is 1. The number of pyridine rings is 1. The van der Waals surface area contributed by atoms with E-state index in [-0.39, 0.29) is 23.2 Å². The summed E-state index contributed by atoms with van der Waals surface area (Å²) in [5, 5.41) is 10.5. The monoisotopic (exact) mass is 406 g/mol. The average molecular weight is 406 g/mol. The molecule has 4 rings (SSSR count). The highest BCUT2D eigenvalue weighted by atomic mass is 16.2. The van der Waals surface area contributed by atoms with Crippen molar-refractivity contribution in [3.63, 3.8) is 0 Å². The van der Waals surface area contributed by atoms with Gasteiger partial charge in [0.2, 0.25) is 5.91 Å². The summed E-state index contributed by atoms with van der Waals surface area (Å²) in [5.41, 5.74) is 7.49. The molecule has 2 atom stereocenters. The van der Waals surface area contributed by atoms with Crippen molar-refractivity contribution in [2.45, 2.75) is 25.8 Å². The van der Waals surface area contributed by atoms with Crippen LogP contribution in [0.25, 0.3) is 10.9 Å². The lowest BCUT2D eigenvalue weighted by atomic mass is 9.88. The zero-order valence-corrected chi connectivity index (χ0v) is 16.5. The summed E-state index contributed by atoms with van der Waals surface area (Å²) >= 11 is 0. The van der Waals surface area contributed by atoms with E-state index in [1.165, 1.54) is 18.5 Å². The first-order valence-corrected chi connectivity index (χ1v) is 9.73. The lowest BCUT2D eigenvalue weighted by molar-refractivity contribution is -0.146. The summed E-state index contributed by atoms with van der Waals surface area (Å²) in [6.07, 6.45) is 6.11. The highest BCUT2D eigenvalue weighted by Gasteiger charge is 2.35. The van der Waals surface area contributed by atoms with Gasteiger partial charge in [-0.1, -0.05) is 19.1 Å². The zero-order chi connectivity index (χ0) is 21.3. The molecular formula is C21H22N6O3. The summed E-state index contributed by atoms with van der Waals surface area (Å²) in [5.74, 6) is -1.79. The number of amides is 3. The molecule has 1 aromatic carbocycles. The molecule has 0 bridgehead atoms. The number of carbonyl (C=O) groups excluding carboxylic acids is 3. The number of hydrogen-bond acceptors (Lipinski definition) is 5. The Morgan fingerprint density at radius 3 is 2.83 bits per heavy atom. The van der Waals surface area contributed by atoms with Gasteiger partial charge in [0.25, 0.3) is 0 Å². The fraction of sp³-hybridized carbons (Fsp3) is 0.286. The molecule has 1 fully saturated rings. The molecule has 0 saturated carbocycles. The molecule has 9 heteroatoms. The molecule has 0 radical (unpaired) electrons. The molecule has 1 aliphatic rings. The number of anilines is 1. The first kappa shape index (κ1) is 19.6. The lowest BCUT2D eigenvalue weighted by Gasteiger charge is -2.38. The molecule has 0 aliphatic carbocycles. The van der Waals surface area contributed by atoms with E-state index >= 15 is 0 Å². The average Bonchev–Trinajstić information content (AvgIpc) is 3.22. The molecule has 0 spiro atoms. The van der Waals surface area contributed by atoms with Gasteiger partial charge >= 0.3 is 11.8 Å². The third-order valence-electron chi connectivity index (χ3n) is 5.43. The number of carbonyl (C=O) groups is 3. The summed E-state index contributed by atoms with van der Waals surface area (Å²) in [4.78, 5) is 42.7. The van der Waals surface area contributed by atoms with Crippen LogP contribution in [0.1, 0.15) is 41.7 Å². The number of piperidine rings is 1. The van der Waals surface area contributed by atoms with Crippen molar-refractivity contribution in [2.75, 3.05) is 11.9 Å². The normalized spacial score (nSPS) is 18.9. The molecule has 3 amide bonds. The van der Waals surface area contributed by atoms with Crippen LogP contribution >= 0.6 is 0 Å². The van der Waals surface area contributed by atoms with E-state index in [0.717, 1.165) is 29.3 Å². The molecule has 9 nitrogen and oxygen atoms in total. The number of aromatic nitrogens is 3. The summed E-state index contributed by atoms with van der Waals surface area (Å²) in [6.45, 7) is 2.54. The fourth-order valence-electron chi connectivity index (χ4n) is 3.94. The van der Waals surface area contributed by atoms with Gasteiger partial charge < -0.3 is 16.0 Å². The Kier molecular flexibility index (Phi) is 5.18. The van der Waals surface area contributed by atoms with Crippen LogP contribution in [0.4, 0.5) is 5.69 Å². The Labute approximate surface area is 172 Å². The highest BCUT2D eigenvalue weighted by Crippen LogP contribution is 2.36. The van der Waals surface area contributed by atoms with E-state index in [2.05, 4.69) is 27.4 Å². The van der Waals surface area contributed by atoms with Crippen molar-refractivity contribution >= 4 is 34.3 Å². The van der Waals surface area contributed by atoms with E-state index in [1.807, 2.05) is 18.2 Å². The van der Waals surface area contributed by atoms with Gasteiger partial charge in [0.1, 0.15) is 0 Å². The molecule has 30 heavy (non-hydrogen) atoms. The second kappa shape index (κ2) is 7.94. The smallest absolute Gasteiger partial charge is 0.313 e. The summed E-state index contributed by atoms with van der Waals surface area (Å²) in [7, 11) is 0. The first-order chi connectivity index (χ1) is 14.4. The maximum atomic E-state index is 13.1. The van der Waals surface area contributed by atoms with Crippen LogP contribution in [0.2, 0.25) is 0 Å². The number of hydrogen-bond donors (Lipinski definition) is 3. The van der Waals surface area contributed by atoms with E-state index in [9.17, 15) is 14.4 Å². The van der Waals surface area contributed by atoms with Crippen LogP contribution in [0.3, 0.4) is 0 Å². The molecule has 0 unspecified atom stereocenters. The summed E-state index contributed by atoms with van der Waals surface area (Å²) < 4.78 is 0. The van der Waals surface area contributed by atoms with Crippen molar-refractivity contribution in [1.29, 1.82) is 0 Å².